The smallest absolute Gasteiger partial charge is 0.0972 e. The SMILES string of the molecule is c1ccc(-c2ccc3ccc4ccc(-c5ccc6c(ccc7cc(-c8ccc(-c9nc%10ccccc%10c%10cc%11c(cc9%10)-c9ccccc9C%11(c9ccccc9)c9ccccc9)cc8)ccc76)c5)nc4c3n2)cc1. The first-order valence-electron chi connectivity index (χ1n) is 25.1. The summed E-state index contributed by atoms with van der Waals surface area (Å²) in [4.78, 5) is 15.8. The monoisotopic (exact) mass is 925 g/mol. The summed E-state index contributed by atoms with van der Waals surface area (Å²) >= 11 is 0. The molecule has 0 atom stereocenters. The minimum absolute atomic E-state index is 0.484. The van der Waals surface area contributed by atoms with Crippen molar-refractivity contribution in [2.24, 2.45) is 0 Å². The molecule has 3 aromatic heterocycles. The maximum atomic E-state index is 5.44. The number of benzene rings is 11. The lowest BCUT2D eigenvalue weighted by Crippen LogP contribution is -2.28. The van der Waals surface area contributed by atoms with E-state index in [0.717, 1.165) is 77.4 Å². The van der Waals surface area contributed by atoms with Crippen molar-refractivity contribution in [2.75, 3.05) is 0 Å². The van der Waals surface area contributed by atoms with Crippen molar-refractivity contribution in [3.8, 4) is 56.0 Å². The highest BCUT2D eigenvalue weighted by Crippen LogP contribution is 2.57. The standard InChI is InChI=1S/C70H43N3/c1-4-14-45(15-5-1)64-38-34-47-28-29-48-35-39-65(72-69(48)68(47)71-64)52-33-37-56-51(41-52)31-30-50-40-49(32-36-55(50)56)44-24-26-46(27-25-44)67-61-42-60-57-20-10-12-22-62(57)70(53-16-6-2-7-17-53,54-18-8-3-9-19-54)63(60)43-59(61)58-21-11-13-23-66(58)73-67/h1-43H. The summed E-state index contributed by atoms with van der Waals surface area (Å²) in [5, 5.41) is 10.5. The fourth-order valence-electron chi connectivity index (χ4n) is 12.0. The summed E-state index contributed by atoms with van der Waals surface area (Å²) < 4.78 is 0. The second-order valence-corrected chi connectivity index (χ2v) is 19.4. The average Bonchev–Trinajstić information content (AvgIpc) is 3.81. The molecular formula is C70H43N3. The summed E-state index contributed by atoms with van der Waals surface area (Å²) in [5.41, 5.74) is 18.4. The molecule has 3 heteroatoms. The van der Waals surface area contributed by atoms with Crippen molar-refractivity contribution in [1.29, 1.82) is 0 Å². The van der Waals surface area contributed by atoms with Crippen LogP contribution in [0.2, 0.25) is 0 Å². The Morgan fingerprint density at radius 3 is 1.47 bits per heavy atom. The summed E-state index contributed by atoms with van der Waals surface area (Å²) in [7, 11) is 0. The normalized spacial score (nSPS) is 12.8. The molecule has 0 saturated heterocycles. The molecule has 0 spiro atoms. The van der Waals surface area contributed by atoms with Gasteiger partial charge in [-0.2, -0.15) is 0 Å². The van der Waals surface area contributed by atoms with Crippen molar-refractivity contribution < 1.29 is 0 Å². The van der Waals surface area contributed by atoms with Crippen LogP contribution in [0.3, 0.4) is 0 Å². The van der Waals surface area contributed by atoms with Gasteiger partial charge < -0.3 is 0 Å². The summed E-state index contributed by atoms with van der Waals surface area (Å²) in [6.45, 7) is 0. The Kier molecular flexibility index (Phi) is 9.18. The second-order valence-electron chi connectivity index (χ2n) is 19.4. The van der Waals surface area contributed by atoms with Crippen LogP contribution < -0.4 is 0 Å². The molecule has 338 valence electrons. The topological polar surface area (TPSA) is 38.7 Å². The molecule has 0 radical (unpaired) electrons. The molecule has 0 N–H and O–H groups in total. The summed E-state index contributed by atoms with van der Waals surface area (Å²) in [5.74, 6) is 0. The van der Waals surface area contributed by atoms with Gasteiger partial charge in [-0.05, 0) is 114 Å². The third-order valence-electron chi connectivity index (χ3n) is 15.5. The van der Waals surface area contributed by atoms with E-state index in [9.17, 15) is 0 Å². The zero-order valence-electron chi connectivity index (χ0n) is 39.7. The van der Waals surface area contributed by atoms with Crippen LogP contribution in [0, 0.1) is 0 Å². The molecule has 3 heterocycles. The third-order valence-corrected chi connectivity index (χ3v) is 15.5. The Hall–Kier alpha value is -9.57. The summed E-state index contributed by atoms with van der Waals surface area (Å²) in [6, 6.07) is 94.8. The minimum atomic E-state index is -0.484. The van der Waals surface area contributed by atoms with Crippen LogP contribution in [0.15, 0.2) is 261 Å². The van der Waals surface area contributed by atoms with Crippen LogP contribution in [-0.4, -0.2) is 15.0 Å². The molecule has 14 aromatic rings. The molecule has 3 nitrogen and oxygen atoms in total. The van der Waals surface area contributed by atoms with Gasteiger partial charge in [0.05, 0.1) is 39.0 Å². The number of aromatic nitrogens is 3. The van der Waals surface area contributed by atoms with Gasteiger partial charge in [0.25, 0.3) is 0 Å². The highest BCUT2D eigenvalue weighted by Gasteiger charge is 2.46. The Morgan fingerprint density at radius 1 is 0.260 bits per heavy atom. The van der Waals surface area contributed by atoms with Crippen molar-refractivity contribution in [3.63, 3.8) is 0 Å². The highest BCUT2D eigenvalue weighted by atomic mass is 14.8. The Labute approximate surface area is 422 Å². The number of fused-ring (bicyclic) bond motifs is 12. The van der Waals surface area contributed by atoms with Crippen LogP contribution in [0.25, 0.3) is 121 Å². The molecule has 0 fully saturated rings. The molecule has 1 aliphatic rings. The van der Waals surface area contributed by atoms with E-state index < -0.39 is 5.41 Å². The van der Waals surface area contributed by atoms with E-state index in [1.54, 1.807) is 0 Å². The number of nitrogens with zero attached hydrogens (tertiary/aromatic N) is 3. The van der Waals surface area contributed by atoms with Crippen molar-refractivity contribution in [3.05, 3.63) is 283 Å². The lowest BCUT2D eigenvalue weighted by Gasteiger charge is -2.34. The largest absolute Gasteiger partial charge is 0.247 e. The summed E-state index contributed by atoms with van der Waals surface area (Å²) in [6.07, 6.45) is 0. The maximum absolute atomic E-state index is 5.44. The van der Waals surface area contributed by atoms with E-state index >= 15 is 0 Å². The van der Waals surface area contributed by atoms with E-state index in [4.69, 9.17) is 15.0 Å². The number of para-hydroxylation sites is 1. The van der Waals surface area contributed by atoms with Gasteiger partial charge in [-0.1, -0.05) is 218 Å². The van der Waals surface area contributed by atoms with Gasteiger partial charge in [0.1, 0.15) is 0 Å². The first kappa shape index (κ1) is 41.2. The van der Waals surface area contributed by atoms with E-state index in [0.29, 0.717) is 0 Å². The third kappa shape index (κ3) is 6.42. The molecule has 0 bridgehead atoms. The Bertz CT molecular complexity index is 4490. The molecule has 73 heavy (non-hydrogen) atoms. The van der Waals surface area contributed by atoms with E-state index in [2.05, 4.69) is 255 Å². The zero-order chi connectivity index (χ0) is 48.0. The Balaban J connectivity index is 0.796. The molecule has 1 aliphatic carbocycles. The minimum Gasteiger partial charge on any atom is -0.247 e. The van der Waals surface area contributed by atoms with Crippen LogP contribution in [0.5, 0.6) is 0 Å². The van der Waals surface area contributed by atoms with Gasteiger partial charge in [0.2, 0.25) is 0 Å². The number of hydrogen-bond acceptors (Lipinski definition) is 3. The van der Waals surface area contributed by atoms with Crippen molar-refractivity contribution >= 4 is 65.0 Å². The number of hydrogen-bond donors (Lipinski definition) is 0. The quantitative estimate of drug-likeness (QED) is 0.156. The van der Waals surface area contributed by atoms with Crippen LogP contribution in [0.4, 0.5) is 0 Å². The molecule has 0 amide bonds. The molecular weight excluding hydrogens is 883 g/mol. The van der Waals surface area contributed by atoms with Gasteiger partial charge in [-0.15, -0.1) is 0 Å². The van der Waals surface area contributed by atoms with Gasteiger partial charge >= 0.3 is 0 Å². The molecule has 0 saturated carbocycles. The molecule has 0 unspecified atom stereocenters. The van der Waals surface area contributed by atoms with Gasteiger partial charge in [0, 0.05) is 38.2 Å². The first-order chi connectivity index (χ1) is 36.2. The molecule has 0 aliphatic heterocycles. The Morgan fingerprint density at radius 2 is 0.781 bits per heavy atom. The fourth-order valence-corrected chi connectivity index (χ4v) is 12.0. The van der Waals surface area contributed by atoms with E-state index in [1.807, 2.05) is 6.07 Å². The predicted octanol–water partition coefficient (Wildman–Crippen LogP) is 17.8. The van der Waals surface area contributed by atoms with E-state index in [1.165, 1.54) is 65.9 Å². The molecule has 15 rings (SSSR count). The predicted molar refractivity (Wildman–Crippen MR) is 304 cm³/mol. The number of pyridine rings is 3. The maximum Gasteiger partial charge on any atom is 0.0972 e. The average molecular weight is 926 g/mol. The molecule has 11 aromatic carbocycles. The second kappa shape index (κ2) is 16.2. The lowest BCUT2D eigenvalue weighted by molar-refractivity contribution is 0.769. The first-order valence-corrected chi connectivity index (χ1v) is 25.1. The van der Waals surface area contributed by atoms with E-state index in [-0.39, 0.29) is 0 Å². The van der Waals surface area contributed by atoms with Crippen molar-refractivity contribution in [2.45, 2.75) is 5.41 Å². The van der Waals surface area contributed by atoms with Crippen LogP contribution in [-0.2, 0) is 5.41 Å². The highest BCUT2D eigenvalue weighted by molar-refractivity contribution is 6.14. The lowest BCUT2D eigenvalue weighted by atomic mass is 9.67. The zero-order valence-corrected chi connectivity index (χ0v) is 39.7. The van der Waals surface area contributed by atoms with Crippen LogP contribution >= 0.6 is 0 Å². The van der Waals surface area contributed by atoms with Gasteiger partial charge in [-0.25, -0.2) is 15.0 Å². The van der Waals surface area contributed by atoms with Gasteiger partial charge in [-0.3, -0.25) is 0 Å². The number of rotatable bonds is 6. The van der Waals surface area contributed by atoms with Gasteiger partial charge in [0.15, 0.2) is 0 Å². The van der Waals surface area contributed by atoms with Crippen molar-refractivity contribution in [1.82, 2.24) is 15.0 Å². The van der Waals surface area contributed by atoms with Crippen LogP contribution in [0.1, 0.15) is 22.3 Å². The fraction of sp³-hybridized carbons (Fsp3) is 0.0143.